The molecule has 0 saturated heterocycles. The second kappa shape index (κ2) is 8.88. The maximum Gasteiger partial charge on any atom is 0.235 e. The first-order chi connectivity index (χ1) is 9.56. The maximum atomic E-state index is 11.8. The highest BCUT2D eigenvalue weighted by molar-refractivity contribution is 8.00. The van der Waals surface area contributed by atoms with E-state index in [1.165, 1.54) is 11.8 Å². The third kappa shape index (κ3) is 5.43. The van der Waals surface area contributed by atoms with Gasteiger partial charge in [-0.1, -0.05) is 11.8 Å². The topological polar surface area (TPSA) is 85.2 Å². The molecule has 0 aliphatic carbocycles. The summed E-state index contributed by atoms with van der Waals surface area (Å²) in [7, 11) is 5.14. The van der Waals surface area contributed by atoms with Crippen molar-refractivity contribution in [1.82, 2.24) is 30.4 Å². The standard InChI is InChI=1S/C11H22N6O2S/c1-9(10(18)16(2)3)20-11-13-14-15-17(11)7-5-12-6-8-19-4/h9,12H,5-8H2,1-4H3. The van der Waals surface area contributed by atoms with E-state index in [1.54, 1.807) is 30.8 Å². The number of tetrazole rings is 1. The van der Waals surface area contributed by atoms with Gasteiger partial charge in [-0.05, 0) is 17.4 Å². The van der Waals surface area contributed by atoms with Gasteiger partial charge in [0.2, 0.25) is 11.1 Å². The summed E-state index contributed by atoms with van der Waals surface area (Å²) in [6.07, 6.45) is 0. The van der Waals surface area contributed by atoms with Crippen molar-refractivity contribution in [2.24, 2.45) is 0 Å². The highest BCUT2D eigenvalue weighted by atomic mass is 32.2. The number of ether oxygens (including phenoxy) is 1. The van der Waals surface area contributed by atoms with Crippen LogP contribution in [0.15, 0.2) is 5.16 Å². The van der Waals surface area contributed by atoms with Crippen molar-refractivity contribution in [1.29, 1.82) is 0 Å². The van der Waals surface area contributed by atoms with E-state index in [4.69, 9.17) is 4.74 Å². The molecule has 0 aliphatic rings. The number of thioether (sulfide) groups is 1. The molecule has 114 valence electrons. The van der Waals surface area contributed by atoms with Crippen LogP contribution in [0.25, 0.3) is 0 Å². The number of hydrogen-bond donors (Lipinski definition) is 1. The van der Waals surface area contributed by atoms with Gasteiger partial charge in [-0.15, -0.1) is 5.10 Å². The zero-order valence-corrected chi connectivity index (χ0v) is 13.2. The lowest BCUT2D eigenvalue weighted by molar-refractivity contribution is -0.127. The molecule has 9 heteroatoms. The monoisotopic (exact) mass is 302 g/mol. The summed E-state index contributed by atoms with van der Waals surface area (Å²) in [5.74, 6) is 0.0442. The molecule has 0 saturated carbocycles. The first kappa shape index (κ1) is 16.9. The third-order valence-electron chi connectivity index (χ3n) is 2.55. The van der Waals surface area contributed by atoms with Crippen LogP contribution in [-0.4, -0.2) is 77.2 Å². The van der Waals surface area contributed by atoms with E-state index in [0.29, 0.717) is 18.3 Å². The Labute approximate surface area is 123 Å². The molecule has 1 atom stereocenters. The Kier molecular flexibility index (Phi) is 7.48. The van der Waals surface area contributed by atoms with Crippen LogP contribution in [0.5, 0.6) is 0 Å². The Morgan fingerprint density at radius 2 is 2.25 bits per heavy atom. The van der Waals surface area contributed by atoms with Crippen LogP contribution in [0, 0.1) is 0 Å². The summed E-state index contributed by atoms with van der Waals surface area (Å²) in [6.45, 7) is 4.71. The first-order valence-corrected chi connectivity index (χ1v) is 7.28. The second-order valence-electron chi connectivity index (χ2n) is 4.42. The number of hydrogen-bond acceptors (Lipinski definition) is 7. The molecule has 1 amide bonds. The van der Waals surface area contributed by atoms with Crippen LogP contribution in [0.2, 0.25) is 0 Å². The number of nitrogens with one attached hydrogen (secondary N) is 1. The fourth-order valence-electron chi connectivity index (χ4n) is 1.48. The number of amides is 1. The van der Waals surface area contributed by atoms with Gasteiger partial charge in [-0.3, -0.25) is 4.79 Å². The van der Waals surface area contributed by atoms with Crippen molar-refractivity contribution in [2.75, 3.05) is 40.9 Å². The average Bonchev–Trinajstić information content (AvgIpc) is 2.84. The molecule has 0 radical (unpaired) electrons. The van der Waals surface area contributed by atoms with E-state index in [9.17, 15) is 4.79 Å². The molecular weight excluding hydrogens is 280 g/mol. The molecule has 1 aromatic rings. The molecule has 1 rings (SSSR count). The first-order valence-electron chi connectivity index (χ1n) is 6.40. The molecule has 1 unspecified atom stereocenters. The van der Waals surface area contributed by atoms with Crippen molar-refractivity contribution in [3.05, 3.63) is 0 Å². The molecular formula is C11H22N6O2S. The van der Waals surface area contributed by atoms with Crippen LogP contribution in [0.4, 0.5) is 0 Å². The summed E-state index contributed by atoms with van der Waals surface area (Å²) in [4.78, 5) is 13.4. The van der Waals surface area contributed by atoms with Gasteiger partial charge in [-0.2, -0.15) is 0 Å². The van der Waals surface area contributed by atoms with Crippen molar-refractivity contribution in [3.63, 3.8) is 0 Å². The van der Waals surface area contributed by atoms with Crippen LogP contribution < -0.4 is 5.32 Å². The summed E-state index contributed by atoms with van der Waals surface area (Å²) in [5.41, 5.74) is 0. The summed E-state index contributed by atoms with van der Waals surface area (Å²) >= 11 is 1.36. The van der Waals surface area contributed by atoms with Gasteiger partial charge in [0.05, 0.1) is 18.4 Å². The summed E-state index contributed by atoms with van der Waals surface area (Å²) in [6, 6.07) is 0. The number of methoxy groups -OCH3 is 1. The Hall–Kier alpha value is -1.19. The van der Waals surface area contributed by atoms with Gasteiger partial charge in [-0.25, -0.2) is 4.68 Å². The molecule has 8 nitrogen and oxygen atoms in total. The fraction of sp³-hybridized carbons (Fsp3) is 0.818. The lowest BCUT2D eigenvalue weighted by atomic mass is 10.4. The third-order valence-corrected chi connectivity index (χ3v) is 3.61. The van der Waals surface area contributed by atoms with Gasteiger partial charge in [0, 0.05) is 34.3 Å². The molecule has 0 aliphatic heterocycles. The van der Waals surface area contributed by atoms with Crippen LogP contribution in [-0.2, 0) is 16.1 Å². The molecule has 1 heterocycles. The lowest BCUT2D eigenvalue weighted by Crippen LogP contribution is -2.30. The minimum Gasteiger partial charge on any atom is -0.383 e. The number of carbonyl (C=O) groups excluding carboxylic acids is 1. The molecule has 0 aromatic carbocycles. The predicted molar refractivity (Wildman–Crippen MR) is 76.6 cm³/mol. The number of carbonyl (C=O) groups is 1. The molecule has 0 spiro atoms. The van der Waals surface area contributed by atoms with Crippen LogP contribution in [0.1, 0.15) is 6.92 Å². The van der Waals surface area contributed by atoms with Gasteiger partial charge in [0.25, 0.3) is 0 Å². The minimum atomic E-state index is -0.212. The quantitative estimate of drug-likeness (QED) is 0.485. The SMILES string of the molecule is COCCNCCn1nnnc1SC(C)C(=O)N(C)C. The van der Waals surface area contributed by atoms with Gasteiger partial charge in [0.1, 0.15) is 0 Å². The average molecular weight is 302 g/mol. The Morgan fingerprint density at radius 3 is 2.90 bits per heavy atom. The Balaban J connectivity index is 2.44. The fourth-order valence-corrected chi connectivity index (χ4v) is 2.44. The van der Waals surface area contributed by atoms with Gasteiger partial charge in [0.15, 0.2) is 0 Å². The zero-order valence-electron chi connectivity index (χ0n) is 12.4. The number of aromatic nitrogens is 4. The van der Waals surface area contributed by atoms with Crippen molar-refractivity contribution >= 4 is 17.7 Å². The van der Waals surface area contributed by atoms with Crippen molar-refractivity contribution in [3.8, 4) is 0 Å². The highest BCUT2D eigenvalue weighted by Crippen LogP contribution is 2.20. The minimum absolute atomic E-state index is 0.0442. The molecule has 0 bridgehead atoms. The predicted octanol–water partition coefficient (Wildman–Crippen LogP) is -0.522. The Morgan fingerprint density at radius 1 is 1.50 bits per heavy atom. The molecule has 20 heavy (non-hydrogen) atoms. The van der Waals surface area contributed by atoms with Crippen LogP contribution in [0.3, 0.4) is 0 Å². The normalized spacial score (nSPS) is 12.4. The van der Waals surface area contributed by atoms with E-state index < -0.39 is 0 Å². The smallest absolute Gasteiger partial charge is 0.235 e. The molecule has 1 aromatic heterocycles. The second-order valence-corrected chi connectivity index (χ2v) is 5.73. The summed E-state index contributed by atoms with van der Waals surface area (Å²) < 4.78 is 6.65. The number of rotatable bonds is 9. The van der Waals surface area contributed by atoms with E-state index in [2.05, 4.69) is 20.8 Å². The van der Waals surface area contributed by atoms with Crippen LogP contribution >= 0.6 is 11.8 Å². The largest absolute Gasteiger partial charge is 0.383 e. The van der Waals surface area contributed by atoms with E-state index in [0.717, 1.165) is 13.1 Å². The molecule has 1 N–H and O–H groups in total. The van der Waals surface area contributed by atoms with Gasteiger partial charge >= 0.3 is 0 Å². The maximum absolute atomic E-state index is 11.8. The van der Waals surface area contributed by atoms with E-state index >= 15 is 0 Å². The zero-order chi connectivity index (χ0) is 15.0. The lowest BCUT2D eigenvalue weighted by Gasteiger charge is -2.15. The molecule has 0 fully saturated rings. The van der Waals surface area contributed by atoms with E-state index in [-0.39, 0.29) is 11.2 Å². The summed E-state index contributed by atoms with van der Waals surface area (Å²) in [5, 5.41) is 15.2. The van der Waals surface area contributed by atoms with Crippen molar-refractivity contribution < 1.29 is 9.53 Å². The van der Waals surface area contributed by atoms with Gasteiger partial charge < -0.3 is 15.0 Å². The Bertz CT molecular complexity index is 411. The van der Waals surface area contributed by atoms with Crippen molar-refractivity contribution in [2.45, 2.75) is 23.9 Å². The van der Waals surface area contributed by atoms with E-state index in [1.807, 2.05) is 6.92 Å². The highest BCUT2D eigenvalue weighted by Gasteiger charge is 2.19. The number of nitrogens with zero attached hydrogens (tertiary/aromatic N) is 5.